The summed E-state index contributed by atoms with van der Waals surface area (Å²) in [5, 5.41) is 3.94. The predicted molar refractivity (Wildman–Crippen MR) is 50.2 cm³/mol. The van der Waals surface area contributed by atoms with E-state index in [1.165, 1.54) is 12.8 Å². The molecule has 3 N–H and O–H groups in total. The lowest BCUT2D eigenvalue weighted by Gasteiger charge is -2.10. The summed E-state index contributed by atoms with van der Waals surface area (Å²) in [6, 6.07) is 0. The lowest BCUT2D eigenvalue weighted by Crippen LogP contribution is -2.34. The Kier molecular flexibility index (Phi) is 2.23. The fraction of sp³-hybridized carbons (Fsp3) is 0.667. The molecule has 2 amide bonds. The predicted octanol–water partition coefficient (Wildman–Crippen LogP) is -0.236. The number of hydrogen-bond acceptors (Lipinski definition) is 3. The van der Waals surface area contributed by atoms with E-state index in [9.17, 15) is 9.59 Å². The third-order valence-electron chi connectivity index (χ3n) is 3.04. The van der Waals surface area contributed by atoms with Crippen LogP contribution in [0.5, 0.6) is 0 Å². The van der Waals surface area contributed by atoms with E-state index in [-0.39, 0.29) is 0 Å². The third kappa shape index (κ3) is 1.62. The molecule has 2 fully saturated rings. The molecule has 2 atom stereocenters. The molecule has 0 aromatic rings. The van der Waals surface area contributed by atoms with E-state index in [1.54, 1.807) is 0 Å². The van der Waals surface area contributed by atoms with Crippen LogP contribution in [0.1, 0.15) is 25.7 Å². The van der Waals surface area contributed by atoms with Gasteiger partial charge in [0.1, 0.15) is 0 Å². The number of rotatable bonds is 1. The highest BCUT2D eigenvalue weighted by molar-refractivity contribution is 6.34. The molecule has 0 saturated heterocycles. The summed E-state index contributed by atoms with van der Waals surface area (Å²) in [5.41, 5.74) is 7.98. The number of primary amides is 1. The molecule has 2 aliphatic carbocycles. The van der Waals surface area contributed by atoms with Crippen molar-refractivity contribution in [3.8, 4) is 0 Å². The summed E-state index contributed by atoms with van der Waals surface area (Å²) in [5.74, 6) is -0.560. The maximum Gasteiger partial charge on any atom is 0.329 e. The Morgan fingerprint density at radius 3 is 2.71 bits per heavy atom. The standard InChI is InChI=1S/C9H13N3O2/c10-8(13)9(14)12-11-7-4-5-1-2-6(7)3-5/h5-6H,1-4H2,(H2,10,13)(H,12,14). The lowest BCUT2D eigenvalue weighted by molar-refractivity contribution is -0.137. The number of nitrogens with one attached hydrogen (secondary N) is 1. The van der Waals surface area contributed by atoms with Gasteiger partial charge in [-0.25, -0.2) is 5.43 Å². The lowest BCUT2D eigenvalue weighted by atomic mass is 9.99. The normalized spacial score (nSPS) is 32.1. The summed E-state index contributed by atoms with van der Waals surface area (Å²) in [6.07, 6.45) is 4.58. The van der Waals surface area contributed by atoms with Crippen molar-refractivity contribution in [1.82, 2.24) is 5.43 Å². The average molecular weight is 195 g/mol. The Morgan fingerprint density at radius 2 is 2.21 bits per heavy atom. The Bertz CT molecular complexity index is 311. The van der Waals surface area contributed by atoms with E-state index in [0.717, 1.165) is 24.5 Å². The monoisotopic (exact) mass is 195 g/mol. The van der Waals surface area contributed by atoms with Crippen molar-refractivity contribution >= 4 is 17.5 Å². The second-order valence-corrected chi connectivity index (χ2v) is 3.99. The van der Waals surface area contributed by atoms with Gasteiger partial charge in [0, 0.05) is 5.71 Å². The summed E-state index contributed by atoms with van der Waals surface area (Å²) in [6.45, 7) is 0. The molecule has 2 bridgehead atoms. The van der Waals surface area contributed by atoms with Crippen molar-refractivity contribution in [3.05, 3.63) is 0 Å². The number of nitrogens with two attached hydrogens (primary N) is 1. The Hall–Kier alpha value is -1.39. The number of hydrazone groups is 1. The molecule has 0 radical (unpaired) electrons. The van der Waals surface area contributed by atoms with Crippen LogP contribution in [-0.4, -0.2) is 17.5 Å². The van der Waals surface area contributed by atoms with Crippen LogP contribution in [0.25, 0.3) is 0 Å². The summed E-state index contributed by atoms with van der Waals surface area (Å²) in [7, 11) is 0. The van der Waals surface area contributed by atoms with Gasteiger partial charge in [0.15, 0.2) is 0 Å². The van der Waals surface area contributed by atoms with Crippen molar-refractivity contribution in [3.63, 3.8) is 0 Å². The molecule has 0 aromatic carbocycles. The molecule has 0 aromatic heterocycles. The average Bonchev–Trinajstić information content (AvgIpc) is 2.74. The van der Waals surface area contributed by atoms with Crippen LogP contribution < -0.4 is 11.2 Å². The summed E-state index contributed by atoms with van der Waals surface area (Å²) < 4.78 is 0. The highest BCUT2D eigenvalue weighted by Crippen LogP contribution is 2.42. The van der Waals surface area contributed by atoms with E-state index in [0.29, 0.717) is 5.92 Å². The van der Waals surface area contributed by atoms with Gasteiger partial charge in [0.2, 0.25) is 0 Å². The molecule has 0 heterocycles. The Morgan fingerprint density at radius 1 is 1.43 bits per heavy atom. The van der Waals surface area contributed by atoms with Crippen molar-refractivity contribution in [2.75, 3.05) is 0 Å². The maximum atomic E-state index is 10.8. The van der Waals surface area contributed by atoms with Gasteiger partial charge in [0.05, 0.1) is 0 Å². The van der Waals surface area contributed by atoms with Gasteiger partial charge in [-0.1, -0.05) is 0 Å². The van der Waals surface area contributed by atoms with Crippen molar-refractivity contribution in [1.29, 1.82) is 0 Å². The first kappa shape index (κ1) is 9.18. The third-order valence-corrected chi connectivity index (χ3v) is 3.04. The molecule has 14 heavy (non-hydrogen) atoms. The number of fused-ring (bicyclic) bond motifs is 2. The summed E-state index contributed by atoms with van der Waals surface area (Å²) in [4.78, 5) is 21.2. The zero-order valence-corrected chi connectivity index (χ0v) is 7.82. The SMILES string of the molecule is NC(=O)C(=O)NN=C1CC2CCC1C2. The van der Waals surface area contributed by atoms with Gasteiger partial charge in [0.25, 0.3) is 0 Å². The summed E-state index contributed by atoms with van der Waals surface area (Å²) >= 11 is 0. The van der Waals surface area contributed by atoms with Crippen molar-refractivity contribution in [2.45, 2.75) is 25.7 Å². The second-order valence-electron chi connectivity index (χ2n) is 3.99. The highest BCUT2D eigenvalue weighted by atomic mass is 16.2. The van der Waals surface area contributed by atoms with Gasteiger partial charge >= 0.3 is 11.8 Å². The molecule has 2 rings (SSSR count). The van der Waals surface area contributed by atoms with Crippen LogP contribution in [0.4, 0.5) is 0 Å². The van der Waals surface area contributed by atoms with Crippen molar-refractivity contribution < 1.29 is 9.59 Å². The smallest absolute Gasteiger partial charge is 0.329 e. The molecule has 2 aliphatic rings. The van der Waals surface area contributed by atoms with Gasteiger partial charge in [-0.2, -0.15) is 5.10 Å². The molecule has 2 saturated carbocycles. The van der Waals surface area contributed by atoms with E-state index in [2.05, 4.69) is 10.5 Å². The zero-order valence-electron chi connectivity index (χ0n) is 7.82. The van der Waals surface area contributed by atoms with Gasteiger partial charge in [-0.3, -0.25) is 9.59 Å². The minimum absolute atomic E-state index is 0.521. The number of hydrogen-bond donors (Lipinski definition) is 2. The quantitative estimate of drug-likeness (QED) is 0.447. The second kappa shape index (κ2) is 3.40. The minimum atomic E-state index is -0.988. The van der Waals surface area contributed by atoms with Crippen LogP contribution in [0.3, 0.4) is 0 Å². The molecular weight excluding hydrogens is 182 g/mol. The van der Waals surface area contributed by atoms with E-state index in [4.69, 9.17) is 5.73 Å². The van der Waals surface area contributed by atoms with E-state index >= 15 is 0 Å². The van der Waals surface area contributed by atoms with Crippen LogP contribution in [0, 0.1) is 11.8 Å². The van der Waals surface area contributed by atoms with E-state index in [1.807, 2.05) is 0 Å². The number of amides is 2. The topological polar surface area (TPSA) is 84.5 Å². The van der Waals surface area contributed by atoms with Crippen LogP contribution in [0.15, 0.2) is 5.10 Å². The Balaban J connectivity index is 1.93. The van der Waals surface area contributed by atoms with Gasteiger partial charge < -0.3 is 5.73 Å². The van der Waals surface area contributed by atoms with Crippen LogP contribution in [-0.2, 0) is 9.59 Å². The number of carbonyl (C=O) groups excluding carboxylic acids is 2. The molecule has 76 valence electrons. The molecule has 5 heteroatoms. The first-order valence-corrected chi connectivity index (χ1v) is 4.83. The molecule has 0 spiro atoms. The first-order chi connectivity index (χ1) is 6.66. The molecular formula is C9H13N3O2. The largest absolute Gasteiger partial charge is 0.361 e. The fourth-order valence-electron chi connectivity index (χ4n) is 2.34. The molecule has 5 nitrogen and oxygen atoms in total. The van der Waals surface area contributed by atoms with Gasteiger partial charge in [-0.05, 0) is 37.5 Å². The van der Waals surface area contributed by atoms with Crippen molar-refractivity contribution in [2.24, 2.45) is 22.7 Å². The minimum Gasteiger partial charge on any atom is -0.361 e. The Labute approximate surface area is 81.7 Å². The number of nitrogens with zero attached hydrogens (tertiary/aromatic N) is 1. The van der Waals surface area contributed by atoms with E-state index < -0.39 is 11.8 Å². The zero-order chi connectivity index (χ0) is 10.1. The molecule has 2 unspecified atom stereocenters. The van der Waals surface area contributed by atoms with Crippen LogP contribution >= 0.6 is 0 Å². The first-order valence-electron chi connectivity index (χ1n) is 4.83. The van der Waals surface area contributed by atoms with Crippen LogP contribution in [0.2, 0.25) is 0 Å². The highest BCUT2D eigenvalue weighted by Gasteiger charge is 2.36. The molecule has 0 aliphatic heterocycles. The fourth-order valence-corrected chi connectivity index (χ4v) is 2.34. The van der Waals surface area contributed by atoms with Gasteiger partial charge in [-0.15, -0.1) is 0 Å². The number of carbonyl (C=O) groups is 2. The maximum absolute atomic E-state index is 10.8.